The van der Waals surface area contributed by atoms with E-state index < -0.39 is 6.09 Å². The van der Waals surface area contributed by atoms with Crippen LogP contribution in [0.5, 0.6) is 0 Å². The van der Waals surface area contributed by atoms with Crippen molar-refractivity contribution in [2.75, 3.05) is 30.9 Å². The lowest BCUT2D eigenvalue weighted by atomic mass is 9.93. The van der Waals surface area contributed by atoms with Gasteiger partial charge in [-0.15, -0.1) is 0 Å². The SMILES string of the molecule is Cc1cc(N(C)C)c2c(c1NC(=O)OCc1ccccc1)CCNC2. The van der Waals surface area contributed by atoms with Crippen molar-refractivity contribution in [2.45, 2.75) is 26.5 Å². The molecule has 5 nitrogen and oxygen atoms in total. The van der Waals surface area contributed by atoms with Gasteiger partial charge in [0.05, 0.1) is 5.69 Å². The van der Waals surface area contributed by atoms with Crippen molar-refractivity contribution >= 4 is 17.5 Å². The van der Waals surface area contributed by atoms with Crippen LogP contribution in [0, 0.1) is 6.92 Å². The summed E-state index contributed by atoms with van der Waals surface area (Å²) in [7, 11) is 4.09. The highest BCUT2D eigenvalue weighted by Gasteiger charge is 2.21. The van der Waals surface area contributed by atoms with Crippen molar-refractivity contribution < 1.29 is 9.53 Å². The summed E-state index contributed by atoms with van der Waals surface area (Å²) in [6.45, 7) is 4.03. The third kappa shape index (κ3) is 3.94. The molecule has 0 spiro atoms. The fraction of sp³-hybridized carbons (Fsp3) is 0.350. The molecule has 1 aliphatic heterocycles. The van der Waals surface area contributed by atoms with E-state index in [9.17, 15) is 4.79 Å². The number of fused-ring (bicyclic) bond motifs is 1. The highest BCUT2D eigenvalue weighted by Crippen LogP contribution is 2.34. The minimum Gasteiger partial charge on any atom is -0.444 e. The lowest BCUT2D eigenvalue weighted by Crippen LogP contribution is -2.28. The Morgan fingerprint density at radius 2 is 2.00 bits per heavy atom. The molecule has 0 saturated carbocycles. The molecule has 132 valence electrons. The zero-order valence-electron chi connectivity index (χ0n) is 15.1. The Labute approximate surface area is 149 Å². The van der Waals surface area contributed by atoms with Crippen molar-refractivity contribution in [1.29, 1.82) is 0 Å². The lowest BCUT2D eigenvalue weighted by molar-refractivity contribution is 0.155. The molecule has 1 aliphatic rings. The smallest absolute Gasteiger partial charge is 0.411 e. The standard InChI is InChI=1S/C20H25N3O2/c1-14-11-18(23(2)3)17-12-21-10-9-16(17)19(14)22-20(24)25-13-15-7-5-4-6-8-15/h4-8,11,21H,9-10,12-13H2,1-3H3,(H,22,24). The molecule has 2 aromatic rings. The fourth-order valence-corrected chi connectivity index (χ4v) is 3.24. The number of nitrogens with zero attached hydrogens (tertiary/aromatic N) is 1. The first-order valence-corrected chi connectivity index (χ1v) is 8.57. The Morgan fingerprint density at radius 3 is 2.72 bits per heavy atom. The largest absolute Gasteiger partial charge is 0.444 e. The summed E-state index contributed by atoms with van der Waals surface area (Å²) in [4.78, 5) is 14.4. The molecule has 1 amide bonds. The number of rotatable bonds is 4. The zero-order chi connectivity index (χ0) is 17.8. The van der Waals surface area contributed by atoms with Gasteiger partial charge in [-0.25, -0.2) is 4.79 Å². The molecule has 1 heterocycles. The van der Waals surface area contributed by atoms with Crippen molar-refractivity contribution in [3.63, 3.8) is 0 Å². The molecule has 2 aromatic carbocycles. The molecule has 25 heavy (non-hydrogen) atoms. The minimum absolute atomic E-state index is 0.269. The van der Waals surface area contributed by atoms with Crippen LogP contribution >= 0.6 is 0 Å². The van der Waals surface area contributed by atoms with Gasteiger partial charge in [0.2, 0.25) is 0 Å². The average molecular weight is 339 g/mol. The van der Waals surface area contributed by atoms with E-state index in [0.29, 0.717) is 0 Å². The Hall–Kier alpha value is -2.53. The van der Waals surface area contributed by atoms with Crippen molar-refractivity contribution in [3.8, 4) is 0 Å². The molecule has 0 bridgehead atoms. The topological polar surface area (TPSA) is 53.6 Å². The van der Waals surface area contributed by atoms with E-state index in [4.69, 9.17) is 4.74 Å². The number of nitrogens with one attached hydrogen (secondary N) is 2. The summed E-state index contributed by atoms with van der Waals surface area (Å²) in [5, 5.41) is 6.38. The summed E-state index contributed by atoms with van der Waals surface area (Å²) in [6.07, 6.45) is 0.483. The summed E-state index contributed by atoms with van der Waals surface area (Å²) >= 11 is 0. The molecule has 0 saturated heterocycles. The first-order valence-electron chi connectivity index (χ1n) is 8.57. The number of benzene rings is 2. The second kappa shape index (κ2) is 7.57. The van der Waals surface area contributed by atoms with Crippen LogP contribution in [-0.4, -0.2) is 26.7 Å². The number of carbonyl (C=O) groups is 1. The minimum atomic E-state index is -0.412. The Morgan fingerprint density at radius 1 is 1.24 bits per heavy atom. The van der Waals surface area contributed by atoms with Gasteiger partial charge < -0.3 is 15.0 Å². The van der Waals surface area contributed by atoms with Gasteiger partial charge in [-0.05, 0) is 48.2 Å². The highest BCUT2D eigenvalue weighted by molar-refractivity contribution is 5.88. The maximum atomic E-state index is 12.3. The van der Waals surface area contributed by atoms with Crippen molar-refractivity contribution in [2.24, 2.45) is 0 Å². The highest BCUT2D eigenvalue weighted by atomic mass is 16.5. The summed E-state index contributed by atoms with van der Waals surface area (Å²) in [5.41, 5.74) is 6.58. The molecule has 3 rings (SSSR count). The van der Waals surface area contributed by atoms with E-state index in [0.717, 1.165) is 36.3 Å². The van der Waals surface area contributed by atoms with Gasteiger partial charge in [0.25, 0.3) is 0 Å². The molecule has 0 fully saturated rings. The van der Waals surface area contributed by atoms with E-state index in [2.05, 4.69) is 21.6 Å². The summed E-state index contributed by atoms with van der Waals surface area (Å²) < 4.78 is 5.38. The van der Waals surface area contributed by atoms with Gasteiger partial charge in [-0.3, -0.25) is 5.32 Å². The maximum Gasteiger partial charge on any atom is 0.411 e. The van der Waals surface area contributed by atoms with Crippen LogP contribution < -0.4 is 15.5 Å². The normalized spacial score (nSPS) is 13.1. The maximum absolute atomic E-state index is 12.3. The van der Waals surface area contributed by atoms with Crippen molar-refractivity contribution in [1.82, 2.24) is 5.32 Å². The van der Waals surface area contributed by atoms with Crippen LogP contribution in [0.3, 0.4) is 0 Å². The molecule has 0 unspecified atom stereocenters. The fourth-order valence-electron chi connectivity index (χ4n) is 3.24. The number of anilines is 2. The van der Waals surface area contributed by atoms with Crippen LogP contribution in [0.2, 0.25) is 0 Å². The number of carbonyl (C=O) groups excluding carboxylic acids is 1. The molecular formula is C20H25N3O2. The molecule has 0 atom stereocenters. The number of amides is 1. The molecular weight excluding hydrogens is 314 g/mol. The van der Waals surface area contributed by atoms with Gasteiger partial charge in [0.15, 0.2) is 0 Å². The third-order valence-corrected chi connectivity index (χ3v) is 4.50. The predicted molar refractivity (Wildman–Crippen MR) is 101 cm³/mol. The van der Waals surface area contributed by atoms with E-state index in [1.807, 2.05) is 51.4 Å². The second-order valence-corrected chi connectivity index (χ2v) is 6.55. The number of hydrogen-bond donors (Lipinski definition) is 2. The second-order valence-electron chi connectivity index (χ2n) is 6.55. The van der Waals surface area contributed by atoms with Crippen molar-refractivity contribution in [3.05, 3.63) is 58.7 Å². The van der Waals surface area contributed by atoms with E-state index in [1.54, 1.807) is 0 Å². The Kier molecular flexibility index (Phi) is 5.24. The molecule has 0 aliphatic carbocycles. The number of aryl methyl sites for hydroxylation is 1. The quantitative estimate of drug-likeness (QED) is 0.896. The first kappa shape index (κ1) is 17.3. The Balaban J connectivity index is 1.79. The first-order chi connectivity index (χ1) is 12.1. The molecule has 0 aromatic heterocycles. The summed E-state index contributed by atoms with van der Waals surface area (Å²) in [6, 6.07) is 11.8. The van der Waals surface area contributed by atoms with Gasteiger partial charge in [0.1, 0.15) is 6.61 Å². The molecule has 2 N–H and O–H groups in total. The number of hydrogen-bond acceptors (Lipinski definition) is 4. The third-order valence-electron chi connectivity index (χ3n) is 4.50. The van der Waals surface area contributed by atoms with Gasteiger partial charge in [0, 0.05) is 26.3 Å². The monoisotopic (exact) mass is 339 g/mol. The zero-order valence-corrected chi connectivity index (χ0v) is 15.1. The van der Waals surface area contributed by atoms with E-state index in [1.165, 1.54) is 16.8 Å². The predicted octanol–water partition coefficient (Wildman–Crippen LogP) is 3.46. The van der Waals surface area contributed by atoms with E-state index >= 15 is 0 Å². The molecule has 5 heteroatoms. The Bertz CT molecular complexity index is 757. The van der Waals surface area contributed by atoms with Crippen LogP contribution in [0.25, 0.3) is 0 Å². The van der Waals surface area contributed by atoms with Gasteiger partial charge in [-0.2, -0.15) is 0 Å². The molecule has 0 radical (unpaired) electrons. The lowest BCUT2D eigenvalue weighted by Gasteiger charge is -2.28. The average Bonchev–Trinajstić information content (AvgIpc) is 2.62. The van der Waals surface area contributed by atoms with Crippen LogP contribution in [0.15, 0.2) is 36.4 Å². The van der Waals surface area contributed by atoms with E-state index in [-0.39, 0.29) is 6.61 Å². The van der Waals surface area contributed by atoms with Crippen LogP contribution in [0.4, 0.5) is 16.2 Å². The van der Waals surface area contributed by atoms with Crippen LogP contribution in [-0.2, 0) is 24.3 Å². The number of ether oxygens (including phenoxy) is 1. The van der Waals surface area contributed by atoms with Crippen LogP contribution in [0.1, 0.15) is 22.3 Å². The van der Waals surface area contributed by atoms with Gasteiger partial charge in [-0.1, -0.05) is 30.3 Å². The van der Waals surface area contributed by atoms with Gasteiger partial charge >= 0.3 is 6.09 Å². The summed E-state index contributed by atoms with van der Waals surface area (Å²) in [5.74, 6) is 0.